The number of nitriles is 2. The first-order chi connectivity index (χ1) is 10.3. The fourth-order valence-electron chi connectivity index (χ4n) is 2.10. The summed E-state index contributed by atoms with van der Waals surface area (Å²) < 4.78 is 5.84. The van der Waals surface area contributed by atoms with Gasteiger partial charge in [-0.05, 0) is 48.5 Å². The largest absolute Gasteiger partial charge is 0.456 e. The van der Waals surface area contributed by atoms with Crippen LogP contribution in [0.2, 0.25) is 0 Å². The van der Waals surface area contributed by atoms with Crippen LogP contribution in [0.4, 0.5) is 0 Å². The molecule has 1 heterocycles. The highest BCUT2D eigenvalue weighted by Crippen LogP contribution is 2.28. The zero-order valence-electron chi connectivity index (χ0n) is 11.1. The highest BCUT2D eigenvalue weighted by Gasteiger charge is 2.07. The molecule has 3 aromatic rings. The summed E-state index contributed by atoms with van der Waals surface area (Å²) >= 11 is 0. The molecule has 3 nitrogen and oxygen atoms in total. The molecule has 0 unspecified atom stereocenters. The van der Waals surface area contributed by atoms with Crippen LogP contribution in [-0.4, -0.2) is 0 Å². The highest BCUT2D eigenvalue weighted by atomic mass is 16.3. The molecule has 0 saturated heterocycles. The second kappa shape index (κ2) is 5.36. The van der Waals surface area contributed by atoms with Crippen molar-refractivity contribution in [1.82, 2.24) is 0 Å². The average molecular weight is 270 g/mol. The van der Waals surface area contributed by atoms with E-state index in [0.717, 1.165) is 16.9 Å². The lowest BCUT2D eigenvalue weighted by molar-refractivity contribution is 0.597. The van der Waals surface area contributed by atoms with Gasteiger partial charge in [-0.2, -0.15) is 10.5 Å². The molecule has 0 saturated carbocycles. The lowest BCUT2D eigenvalue weighted by Crippen LogP contribution is -1.77. The molecule has 3 heteroatoms. The van der Waals surface area contributed by atoms with E-state index in [-0.39, 0.29) is 0 Å². The van der Waals surface area contributed by atoms with Crippen molar-refractivity contribution in [2.24, 2.45) is 0 Å². The molecule has 0 fully saturated rings. The summed E-state index contributed by atoms with van der Waals surface area (Å²) in [7, 11) is 0. The van der Waals surface area contributed by atoms with Gasteiger partial charge < -0.3 is 4.42 Å². The quantitative estimate of drug-likeness (QED) is 0.695. The SMILES string of the molecule is N#Cc1ccc(-c2ccc(-c3cccc(C#N)c3)o2)cc1. The topological polar surface area (TPSA) is 60.7 Å². The summed E-state index contributed by atoms with van der Waals surface area (Å²) in [4.78, 5) is 0. The van der Waals surface area contributed by atoms with E-state index >= 15 is 0 Å². The lowest BCUT2D eigenvalue weighted by Gasteiger charge is -1.99. The first-order valence-corrected chi connectivity index (χ1v) is 6.41. The van der Waals surface area contributed by atoms with E-state index in [0.29, 0.717) is 16.9 Å². The van der Waals surface area contributed by atoms with Crippen molar-refractivity contribution in [2.45, 2.75) is 0 Å². The van der Waals surface area contributed by atoms with Gasteiger partial charge in [0.15, 0.2) is 0 Å². The van der Waals surface area contributed by atoms with Gasteiger partial charge >= 0.3 is 0 Å². The first-order valence-electron chi connectivity index (χ1n) is 6.41. The Morgan fingerprint density at radius 1 is 0.667 bits per heavy atom. The van der Waals surface area contributed by atoms with E-state index in [2.05, 4.69) is 12.1 Å². The van der Waals surface area contributed by atoms with Crippen molar-refractivity contribution < 1.29 is 4.42 Å². The Labute approximate surface area is 122 Å². The molecule has 0 N–H and O–H groups in total. The van der Waals surface area contributed by atoms with Gasteiger partial charge in [0.2, 0.25) is 0 Å². The van der Waals surface area contributed by atoms with Crippen molar-refractivity contribution in [1.29, 1.82) is 10.5 Å². The number of hydrogen-bond acceptors (Lipinski definition) is 3. The van der Waals surface area contributed by atoms with Crippen LogP contribution in [-0.2, 0) is 0 Å². The smallest absolute Gasteiger partial charge is 0.134 e. The van der Waals surface area contributed by atoms with E-state index < -0.39 is 0 Å². The maximum absolute atomic E-state index is 8.93. The maximum atomic E-state index is 8.93. The van der Waals surface area contributed by atoms with Crippen LogP contribution in [0.25, 0.3) is 22.6 Å². The molecule has 0 aliphatic heterocycles. The number of nitrogens with zero attached hydrogens (tertiary/aromatic N) is 2. The molecule has 0 aliphatic rings. The Kier molecular flexibility index (Phi) is 3.25. The van der Waals surface area contributed by atoms with Crippen LogP contribution < -0.4 is 0 Å². The molecule has 0 spiro atoms. The monoisotopic (exact) mass is 270 g/mol. The summed E-state index contributed by atoms with van der Waals surface area (Å²) in [6.45, 7) is 0. The van der Waals surface area contributed by atoms with Gasteiger partial charge in [0.1, 0.15) is 11.5 Å². The van der Waals surface area contributed by atoms with Crippen LogP contribution in [0.3, 0.4) is 0 Å². The fourth-order valence-corrected chi connectivity index (χ4v) is 2.10. The van der Waals surface area contributed by atoms with Crippen LogP contribution in [0.15, 0.2) is 65.1 Å². The Bertz CT molecular complexity index is 861. The van der Waals surface area contributed by atoms with Gasteiger partial charge in [-0.25, -0.2) is 0 Å². The predicted molar refractivity (Wildman–Crippen MR) is 79.0 cm³/mol. The van der Waals surface area contributed by atoms with Gasteiger partial charge in [-0.3, -0.25) is 0 Å². The van der Waals surface area contributed by atoms with Gasteiger partial charge in [0.25, 0.3) is 0 Å². The van der Waals surface area contributed by atoms with Gasteiger partial charge in [-0.1, -0.05) is 12.1 Å². The van der Waals surface area contributed by atoms with Crippen molar-refractivity contribution in [3.63, 3.8) is 0 Å². The number of hydrogen-bond donors (Lipinski definition) is 0. The van der Waals surface area contributed by atoms with Crippen LogP contribution in [0, 0.1) is 22.7 Å². The Hall–Kier alpha value is -3.30. The minimum absolute atomic E-state index is 0.601. The summed E-state index contributed by atoms with van der Waals surface area (Å²) in [6.07, 6.45) is 0. The molecule has 21 heavy (non-hydrogen) atoms. The third-order valence-electron chi connectivity index (χ3n) is 3.18. The Morgan fingerprint density at radius 2 is 1.33 bits per heavy atom. The zero-order chi connectivity index (χ0) is 14.7. The van der Waals surface area contributed by atoms with E-state index in [1.807, 2.05) is 36.4 Å². The van der Waals surface area contributed by atoms with Crippen molar-refractivity contribution >= 4 is 0 Å². The van der Waals surface area contributed by atoms with Crippen molar-refractivity contribution in [2.75, 3.05) is 0 Å². The van der Waals surface area contributed by atoms with Crippen LogP contribution >= 0.6 is 0 Å². The van der Waals surface area contributed by atoms with E-state index in [4.69, 9.17) is 14.9 Å². The van der Waals surface area contributed by atoms with Gasteiger partial charge in [-0.15, -0.1) is 0 Å². The number of rotatable bonds is 2. The second-order valence-electron chi connectivity index (χ2n) is 4.55. The summed E-state index contributed by atoms with van der Waals surface area (Å²) in [5, 5.41) is 17.7. The number of benzene rings is 2. The molecular weight excluding hydrogens is 260 g/mol. The minimum atomic E-state index is 0.601. The lowest BCUT2D eigenvalue weighted by atomic mass is 10.1. The van der Waals surface area contributed by atoms with Crippen LogP contribution in [0.5, 0.6) is 0 Å². The standard InChI is InChI=1S/C18H10N2O/c19-11-13-4-6-15(7-5-13)17-8-9-18(21-17)16-3-1-2-14(10-16)12-20/h1-10H. The third kappa shape index (κ3) is 2.54. The average Bonchev–Trinajstić information content (AvgIpc) is 3.05. The molecule has 0 radical (unpaired) electrons. The molecule has 0 amide bonds. The van der Waals surface area contributed by atoms with Crippen molar-refractivity contribution in [3.8, 4) is 34.8 Å². The molecule has 3 rings (SSSR count). The first kappa shape index (κ1) is 12.7. The summed E-state index contributed by atoms with van der Waals surface area (Å²) in [5.41, 5.74) is 3.00. The predicted octanol–water partition coefficient (Wildman–Crippen LogP) is 4.36. The van der Waals surface area contributed by atoms with Crippen LogP contribution in [0.1, 0.15) is 11.1 Å². The summed E-state index contributed by atoms with van der Waals surface area (Å²) in [5.74, 6) is 1.45. The van der Waals surface area contributed by atoms with Gasteiger partial charge in [0.05, 0.1) is 23.3 Å². The van der Waals surface area contributed by atoms with E-state index in [1.54, 1.807) is 24.3 Å². The maximum Gasteiger partial charge on any atom is 0.134 e. The second-order valence-corrected chi connectivity index (χ2v) is 4.55. The zero-order valence-corrected chi connectivity index (χ0v) is 11.1. The molecule has 1 aromatic heterocycles. The Balaban J connectivity index is 1.96. The van der Waals surface area contributed by atoms with E-state index in [9.17, 15) is 0 Å². The Morgan fingerprint density at radius 3 is 2.00 bits per heavy atom. The fraction of sp³-hybridized carbons (Fsp3) is 0. The molecule has 0 atom stereocenters. The van der Waals surface area contributed by atoms with Crippen molar-refractivity contribution in [3.05, 3.63) is 71.8 Å². The molecule has 98 valence electrons. The molecular formula is C18H10N2O. The highest BCUT2D eigenvalue weighted by molar-refractivity contribution is 5.66. The molecule has 0 bridgehead atoms. The third-order valence-corrected chi connectivity index (χ3v) is 3.18. The molecule has 2 aromatic carbocycles. The van der Waals surface area contributed by atoms with Gasteiger partial charge in [0, 0.05) is 11.1 Å². The minimum Gasteiger partial charge on any atom is -0.456 e. The normalized spacial score (nSPS) is 9.81. The van der Waals surface area contributed by atoms with E-state index in [1.165, 1.54) is 0 Å². The number of furan rings is 1. The molecule has 0 aliphatic carbocycles. The summed E-state index contributed by atoms with van der Waals surface area (Å²) in [6, 6.07) is 22.5.